The first-order valence-electron chi connectivity index (χ1n) is 4.92. The highest BCUT2D eigenvalue weighted by Gasteiger charge is 2.15. The minimum atomic E-state index is -1.39. The summed E-state index contributed by atoms with van der Waals surface area (Å²) in [5, 5.41) is 9.53. The first-order valence-corrected chi connectivity index (χ1v) is 5.71. The lowest BCUT2D eigenvalue weighted by Crippen LogP contribution is -2.30. The van der Waals surface area contributed by atoms with Crippen LogP contribution in [-0.2, 0) is 0 Å². The number of halogens is 2. The molecule has 1 heterocycles. The zero-order chi connectivity index (χ0) is 13.4. The third-order valence-corrected chi connectivity index (χ3v) is 3.32. The summed E-state index contributed by atoms with van der Waals surface area (Å²) < 4.78 is 14.8. The molecule has 0 spiro atoms. The van der Waals surface area contributed by atoms with E-state index < -0.39 is 22.9 Å². The molecule has 0 aliphatic carbocycles. The smallest absolute Gasteiger partial charge is 0.335 e. The van der Waals surface area contributed by atoms with Crippen LogP contribution in [-0.4, -0.2) is 14.7 Å². The highest BCUT2D eigenvalue weighted by atomic mass is 79.9. The quantitative estimate of drug-likeness (QED) is 0.836. The van der Waals surface area contributed by atoms with Crippen molar-refractivity contribution in [2.45, 2.75) is 6.92 Å². The van der Waals surface area contributed by atoms with Gasteiger partial charge in [-0.25, -0.2) is 9.36 Å². The first-order chi connectivity index (χ1) is 8.41. The van der Waals surface area contributed by atoms with Gasteiger partial charge in [0, 0.05) is 4.47 Å². The Morgan fingerprint density at radius 1 is 1.39 bits per heavy atom. The summed E-state index contributed by atoms with van der Waals surface area (Å²) in [4.78, 5) is 24.3. The second-order valence-corrected chi connectivity index (χ2v) is 4.52. The second kappa shape index (κ2) is 4.41. The second-order valence-electron chi connectivity index (χ2n) is 3.67. The topological polar surface area (TPSA) is 75.1 Å². The van der Waals surface area contributed by atoms with Crippen LogP contribution in [0, 0.1) is 12.7 Å². The van der Waals surface area contributed by atoms with Crippen LogP contribution in [0.5, 0.6) is 5.88 Å². The van der Waals surface area contributed by atoms with E-state index >= 15 is 0 Å². The molecule has 0 atom stereocenters. The zero-order valence-electron chi connectivity index (χ0n) is 9.20. The molecular weight excluding hydrogens is 307 g/mol. The minimum Gasteiger partial charge on any atom is -0.492 e. The van der Waals surface area contributed by atoms with Gasteiger partial charge in [0.15, 0.2) is 0 Å². The third-order valence-electron chi connectivity index (χ3n) is 2.43. The fourth-order valence-electron chi connectivity index (χ4n) is 1.51. The Morgan fingerprint density at radius 3 is 2.67 bits per heavy atom. The lowest BCUT2D eigenvalue weighted by atomic mass is 10.2. The molecule has 5 nitrogen and oxygen atoms in total. The first kappa shape index (κ1) is 12.6. The molecular formula is C11H8BrFN2O3. The molecule has 2 rings (SSSR count). The maximum atomic E-state index is 13.3. The molecule has 1 aromatic carbocycles. The van der Waals surface area contributed by atoms with Gasteiger partial charge in [0.25, 0.3) is 5.56 Å². The molecule has 0 radical (unpaired) electrons. The Hall–Kier alpha value is -1.89. The van der Waals surface area contributed by atoms with Gasteiger partial charge in [0.05, 0.1) is 5.69 Å². The molecule has 0 saturated carbocycles. The van der Waals surface area contributed by atoms with E-state index in [0.717, 1.165) is 10.0 Å². The number of benzene rings is 1. The van der Waals surface area contributed by atoms with Crippen molar-refractivity contribution in [2.24, 2.45) is 0 Å². The third kappa shape index (κ3) is 1.97. The van der Waals surface area contributed by atoms with Crippen LogP contribution in [0.4, 0.5) is 4.39 Å². The average Bonchev–Trinajstić information content (AvgIpc) is 2.31. The summed E-state index contributed by atoms with van der Waals surface area (Å²) in [6, 6.07) is 4.73. The summed E-state index contributed by atoms with van der Waals surface area (Å²) in [6.07, 6.45) is 0. The monoisotopic (exact) mass is 314 g/mol. The number of nitrogens with one attached hydrogen (secondary N) is 1. The van der Waals surface area contributed by atoms with Gasteiger partial charge in [-0.1, -0.05) is 15.9 Å². The maximum Gasteiger partial charge on any atom is 0.335 e. The number of hydrogen-bond acceptors (Lipinski definition) is 3. The van der Waals surface area contributed by atoms with Gasteiger partial charge < -0.3 is 5.11 Å². The van der Waals surface area contributed by atoms with Crippen molar-refractivity contribution in [3.05, 3.63) is 54.9 Å². The van der Waals surface area contributed by atoms with Gasteiger partial charge in [0.1, 0.15) is 0 Å². The molecule has 2 N–H and O–H groups in total. The predicted molar refractivity (Wildman–Crippen MR) is 66.7 cm³/mol. The molecule has 0 bridgehead atoms. The van der Waals surface area contributed by atoms with Crippen LogP contribution in [0.15, 0.2) is 32.3 Å². The number of nitrogens with zero attached hydrogens (tertiary/aromatic N) is 1. The Bertz CT molecular complexity index is 736. The summed E-state index contributed by atoms with van der Waals surface area (Å²) in [7, 11) is 0. The zero-order valence-corrected chi connectivity index (χ0v) is 10.8. The Balaban J connectivity index is 2.79. The average molecular weight is 315 g/mol. The number of aromatic amines is 1. The Morgan fingerprint density at radius 2 is 2.06 bits per heavy atom. The van der Waals surface area contributed by atoms with Crippen LogP contribution in [0.3, 0.4) is 0 Å². The van der Waals surface area contributed by atoms with Gasteiger partial charge in [-0.15, -0.1) is 0 Å². The molecule has 1 aromatic heterocycles. The number of aryl methyl sites for hydroxylation is 1. The van der Waals surface area contributed by atoms with E-state index in [4.69, 9.17) is 0 Å². The maximum absolute atomic E-state index is 13.3. The van der Waals surface area contributed by atoms with Crippen LogP contribution in [0.25, 0.3) is 5.69 Å². The van der Waals surface area contributed by atoms with Crippen molar-refractivity contribution >= 4 is 15.9 Å². The van der Waals surface area contributed by atoms with E-state index in [1.165, 1.54) is 6.07 Å². The van der Waals surface area contributed by atoms with Crippen molar-refractivity contribution in [1.29, 1.82) is 0 Å². The molecule has 0 saturated heterocycles. The van der Waals surface area contributed by atoms with E-state index in [-0.39, 0.29) is 5.69 Å². The van der Waals surface area contributed by atoms with Crippen molar-refractivity contribution in [3.63, 3.8) is 0 Å². The number of rotatable bonds is 1. The Labute approximate surface area is 109 Å². The molecule has 7 heteroatoms. The molecule has 0 unspecified atom stereocenters. The highest BCUT2D eigenvalue weighted by molar-refractivity contribution is 9.10. The van der Waals surface area contributed by atoms with Crippen LogP contribution in [0.2, 0.25) is 0 Å². The van der Waals surface area contributed by atoms with Crippen molar-refractivity contribution in [2.75, 3.05) is 0 Å². The number of aromatic nitrogens is 2. The number of hydrogen-bond donors (Lipinski definition) is 2. The largest absolute Gasteiger partial charge is 0.492 e. The van der Waals surface area contributed by atoms with Crippen LogP contribution in [0.1, 0.15) is 5.56 Å². The number of aromatic hydroxyl groups is 1. The van der Waals surface area contributed by atoms with Crippen molar-refractivity contribution < 1.29 is 9.50 Å². The SMILES string of the molecule is Cc1cc(-n2c(O)c(F)c(=O)[nH]c2=O)ccc1Br. The predicted octanol–water partition coefficient (Wildman–Crippen LogP) is 1.44. The number of H-pyrrole nitrogens is 1. The van der Waals surface area contributed by atoms with Gasteiger partial charge >= 0.3 is 5.69 Å². The lowest BCUT2D eigenvalue weighted by molar-refractivity contribution is 0.386. The standard InChI is InChI=1S/C11H8BrFN2O3/c1-5-4-6(2-3-7(5)12)15-10(17)8(13)9(16)14-11(15)18/h2-4,17H,1H3,(H,14,16,18). The molecule has 0 fully saturated rings. The summed E-state index contributed by atoms with van der Waals surface area (Å²) in [6.45, 7) is 1.78. The van der Waals surface area contributed by atoms with Gasteiger partial charge in [0.2, 0.25) is 11.7 Å². The van der Waals surface area contributed by atoms with Crippen LogP contribution < -0.4 is 11.2 Å². The molecule has 0 amide bonds. The lowest BCUT2D eigenvalue weighted by Gasteiger charge is -2.09. The van der Waals surface area contributed by atoms with Gasteiger partial charge in [-0.2, -0.15) is 4.39 Å². The molecule has 0 aliphatic rings. The van der Waals surface area contributed by atoms with Crippen LogP contribution >= 0.6 is 15.9 Å². The fraction of sp³-hybridized carbons (Fsp3) is 0.0909. The minimum absolute atomic E-state index is 0.258. The van der Waals surface area contributed by atoms with Gasteiger partial charge in [-0.05, 0) is 30.7 Å². The summed E-state index contributed by atoms with van der Waals surface area (Å²) in [5.74, 6) is -2.40. The molecule has 2 aromatic rings. The molecule has 18 heavy (non-hydrogen) atoms. The van der Waals surface area contributed by atoms with E-state index in [2.05, 4.69) is 15.9 Å². The van der Waals surface area contributed by atoms with E-state index in [1.807, 2.05) is 0 Å². The normalized spacial score (nSPS) is 10.6. The van der Waals surface area contributed by atoms with Gasteiger partial charge in [-0.3, -0.25) is 9.78 Å². The molecule has 94 valence electrons. The van der Waals surface area contributed by atoms with E-state index in [1.54, 1.807) is 24.0 Å². The highest BCUT2D eigenvalue weighted by Crippen LogP contribution is 2.21. The Kier molecular flexibility index (Phi) is 3.08. The summed E-state index contributed by atoms with van der Waals surface area (Å²) >= 11 is 3.28. The summed E-state index contributed by atoms with van der Waals surface area (Å²) in [5.41, 5.74) is -1.10. The fourth-order valence-corrected chi connectivity index (χ4v) is 1.76. The van der Waals surface area contributed by atoms with E-state index in [0.29, 0.717) is 4.57 Å². The van der Waals surface area contributed by atoms with Crippen molar-refractivity contribution in [3.8, 4) is 11.6 Å². The van der Waals surface area contributed by atoms with Crippen molar-refractivity contribution in [1.82, 2.24) is 9.55 Å². The van der Waals surface area contributed by atoms with E-state index in [9.17, 15) is 19.1 Å². The molecule has 0 aliphatic heterocycles.